The summed E-state index contributed by atoms with van der Waals surface area (Å²) in [6.07, 6.45) is 0.357. The Morgan fingerprint density at radius 2 is 2.08 bits per heavy atom. The summed E-state index contributed by atoms with van der Waals surface area (Å²) in [6, 6.07) is 5.64. The quantitative estimate of drug-likeness (QED) is 0.397. The standard InChI is InChI=1S/C16H18F3N5O.HI/c17-16(18,19)25-13-6-2-1-5-12(13)23-15(20)21-9-11-10-24-8-4-3-7-14(24)22-11;/h1-2,5-6,10H,3-4,7-9H2,(H3,20,21,23);1H. The monoisotopic (exact) mass is 481 g/mol. The Morgan fingerprint density at radius 3 is 2.81 bits per heavy atom. The van der Waals surface area contributed by atoms with E-state index in [4.69, 9.17) is 5.73 Å². The highest BCUT2D eigenvalue weighted by molar-refractivity contribution is 14.0. The van der Waals surface area contributed by atoms with Crippen LogP contribution in [0.3, 0.4) is 0 Å². The first-order valence-corrected chi connectivity index (χ1v) is 7.87. The van der Waals surface area contributed by atoms with Crippen LogP contribution in [-0.2, 0) is 19.5 Å². The third-order valence-electron chi connectivity index (χ3n) is 3.75. The fraction of sp³-hybridized carbons (Fsp3) is 0.375. The highest BCUT2D eigenvalue weighted by atomic mass is 127. The number of hydrogen-bond donors (Lipinski definition) is 2. The number of benzene rings is 1. The molecule has 1 aromatic heterocycles. The van der Waals surface area contributed by atoms with Gasteiger partial charge in [-0.15, -0.1) is 37.1 Å². The second-order valence-electron chi connectivity index (χ2n) is 5.67. The van der Waals surface area contributed by atoms with Gasteiger partial charge in [0, 0.05) is 19.2 Å². The number of aryl methyl sites for hydroxylation is 2. The lowest BCUT2D eigenvalue weighted by molar-refractivity contribution is -0.274. The van der Waals surface area contributed by atoms with Crippen LogP contribution in [0, 0.1) is 0 Å². The summed E-state index contributed by atoms with van der Waals surface area (Å²) < 4.78 is 43.3. The van der Waals surface area contributed by atoms with E-state index in [1.54, 1.807) is 6.07 Å². The lowest BCUT2D eigenvalue weighted by atomic mass is 10.2. The number of nitrogens with zero attached hydrogens (tertiary/aromatic N) is 3. The number of para-hydroxylation sites is 2. The van der Waals surface area contributed by atoms with Crippen molar-refractivity contribution in [2.24, 2.45) is 10.7 Å². The molecule has 1 aromatic carbocycles. The molecule has 26 heavy (non-hydrogen) atoms. The molecule has 0 atom stereocenters. The van der Waals surface area contributed by atoms with E-state index >= 15 is 0 Å². The summed E-state index contributed by atoms with van der Waals surface area (Å²) in [6.45, 7) is 1.20. The first kappa shape index (κ1) is 20.3. The fourth-order valence-corrected chi connectivity index (χ4v) is 2.68. The minimum Gasteiger partial charge on any atom is -0.404 e. The van der Waals surface area contributed by atoms with Crippen LogP contribution in [0.15, 0.2) is 35.5 Å². The third kappa shape index (κ3) is 5.51. The Balaban J connectivity index is 0.00000243. The van der Waals surface area contributed by atoms with E-state index in [1.807, 2.05) is 6.20 Å². The highest BCUT2D eigenvalue weighted by Crippen LogP contribution is 2.29. The molecule has 0 radical (unpaired) electrons. The largest absolute Gasteiger partial charge is 0.573 e. The van der Waals surface area contributed by atoms with Gasteiger partial charge in [0.25, 0.3) is 0 Å². The van der Waals surface area contributed by atoms with Gasteiger partial charge in [0.05, 0.1) is 17.9 Å². The summed E-state index contributed by atoms with van der Waals surface area (Å²) in [5, 5.41) is 2.63. The van der Waals surface area contributed by atoms with E-state index < -0.39 is 6.36 Å². The van der Waals surface area contributed by atoms with Crippen molar-refractivity contribution >= 4 is 35.6 Å². The molecule has 0 spiro atoms. The van der Waals surface area contributed by atoms with Crippen LogP contribution in [0.4, 0.5) is 18.9 Å². The number of alkyl halides is 3. The molecule has 1 aliphatic heterocycles. The van der Waals surface area contributed by atoms with Crippen LogP contribution in [0.2, 0.25) is 0 Å². The number of fused-ring (bicyclic) bond motifs is 1. The number of ether oxygens (including phenoxy) is 1. The van der Waals surface area contributed by atoms with Crippen molar-refractivity contribution in [2.75, 3.05) is 5.32 Å². The number of nitrogens with two attached hydrogens (primary N) is 1. The zero-order chi connectivity index (χ0) is 17.9. The predicted molar refractivity (Wildman–Crippen MR) is 103 cm³/mol. The maximum absolute atomic E-state index is 12.4. The number of imidazole rings is 1. The second kappa shape index (κ2) is 8.60. The topological polar surface area (TPSA) is 77.5 Å². The molecule has 6 nitrogen and oxygen atoms in total. The first-order valence-electron chi connectivity index (χ1n) is 7.87. The third-order valence-corrected chi connectivity index (χ3v) is 3.75. The van der Waals surface area contributed by atoms with E-state index in [2.05, 4.69) is 24.6 Å². The molecule has 0 saturated carbocycles. The van der Waals surface area contributed by atoms with Gasteiger partial charge < -0.3 is 20.4 Å². The van der Waals surface area contributed by atoms with Gasteiger partial charge in [0.1, 0.15) is 5.82 Å². The minimum absolute atomic E-state index is 0. The zero-order valence-electron chi connectivity index (χ0n) is 13.8. The molecule has 0 aliphatic carbocycles. The van der Waals surface area contributed by atoms with E-state index in [-0.39, 0.29) is 47.9 Å². The zero-order valence-corrected chi connectivity index (χ0v) is 16.1. The molecular formula is C16H19F3IN5O. The van der Waals surface area contributed by atoms with Gasteiger partial charge in [-0.2, -0.15) is 0 Å². The van der Waals surface area contributed by atoms with Crippen LogP contribution < -0.4 is 15.8 Å². The molecule has 142 valence electrons. The summed E-state index contributed by atoms with van der Waals surface area (Å²) in [4.78, 5) is 8.64. The highest BCUT2D eigenvalue weighted by Gasteiger charge is 2.32. The molecule has 0 bridgehead atoms. The molecule has 3 N–H and O–H groups in total. The summed E-state index contributed by atoms with van der Waals surface area (Å²) in [5.74, 6) is 0.654. The van der Waals surface area contributed by atoms with Crippen molar-refractivity contribution in [3.8, 4) is 5.75 Å². The number of aromatic nitrogens is 2. The van der Waals surface area contributed by atoms with E-state index in [1.165, 1.54) is 18.2 Å². The van der Waals surface area contributed by atoms with Gasteiger partial charge in [-0.05, 0) is 25.0 Å². The van der Waals surface area contributed by atoms with Crippen molar-refractivity contribution in [2.45, 2.75) is 38.7 Å². The number of anilines is 1. The average Bonchev–Trinajstić information content (AvgIpc) is 2.96. The Hall–Kier alpha value is -1.98. The van der Waals surface area contributed by atoms with Crippen LogP contribution in [0.25, 0.3) is 0 Å². The smallest absolute Gasteiger partial charge is 0.404 e. The van der Waals surface area contributed by atoms with E-state index in [0.717, 1.165) is 37.3 Å². The Bertz CT molecular complexity index is 752. The number of aliphatic imine (C=N–C) groups is 1. The van der Waals surface area contributed by atoms with Crippen LogP contribution in [0.5, 0.6) is 5.75 Å². The van der Waals surface area contributed by atoms with E-state index in [9.17, 15) is 13.2 Å². The summed E-state index contributed by atoms with van der Waals surface area (Å²) in [5.41, 5.74) is 6.64. The van der Waals surface area contributed by atoms with Gasteiger partial charge in [-0.3, -0.25) is 0 Å². The summed E-state index contributed by atoms with van der Waals surface area (Å²) >= 11 is 0. The number of halogens is 4. The predicted octanol–water partition coefficient (Wildman–Crippen LogP) is 3.66. The Morgan fingerprint density at radius 1 is 1.31 bits per heavy atom. The van der Waals surface area contributed by atoms with Crippen LogP contribution >= 0.6 is 24.0 Å². The normalized spacial score (nSPS) is 14.3. The van der Waals surface area contributed by atoms with Crippen LogP contribution in [-0.4, -0.2) is 21.9 Å². The number of guanidine groups is 1. The molecular weight excluding hydrogens is 462 g/mol. The molecule has 2 heterocycles. The van der Waals surface area contributed by atoms with Gasteiger partial charge in [-0.25, -0.2) is 9.98 Å². The van der Waals surface area contributed by atoms with Gasteiger partial charge in [0.2, 0.25) is 0 Å². The number of hydrogen-bond acceptors (Lipinski definition) is 3. The fourth-order valence-electron chi connectivity index (χ4n) is 2.68. The molecule has 0 unspecified atom stereocenters. The van der Waals surface area contributed by atoms with Gasteiger partial charge in [-0.1, -0.05) is 12.1 Å². The Labute approximate surface area is 165 Å². The maximum atomic E-state index is 12.4. The van der Waals surface area contributed by atoms with Crippen molar-refractivity contribution in [3.63, 3.8) is 0 Å². The molecule has 1 aliphatic rings. The number of rotatable bonds is 4. The van der Waals surface area contributed by atoms with Gasteiger partial charge >= 0.3 is 6.36 Å². The molecule has 0 fully saturated rings. The average molecular weight is 481 g/mol. The van der Waals surface area contributed by atoms with E-state index in [0.29, 0.717) is 0 Å². The van der Waals surface area contributed by atoms with Crippen molar-refractivity contribution in [3.05, 3.63) is 42.0 Å². The molecule has 10 heteroatoms. The lowest BCUT2D eigenvalue weighted by Gasteiger charge is -2.14. The molecule has 3 rings (SSSR count). The summed E-state index contributed by atoms with van der Waals surface area (Å²) in [7, 11) is 0. The van der Waals surface area contributed by atoms with Gasteiger partial charge in [0.15, 0.2) is 11.7 Å². The lowest BCUT2D eigenvalue weighted by Crippen LogP contribution is -2.24. The molecule has 0 saturated heterocycles. The molecule has 2 aromatic rings. The van der Waals surface area contributed by atoms with Crippen molar-refractivity contribution in [1.82, 2.24) is 9.55 Å². The first-order chi connectivity index (χ1) is 11.9. The van der Waals surface area contributed by atoms with Crippen molar-refractivity contribution < 1.29 is 17.9 Å². The SMILES string of the molecule is I.NC(=NCc1cn2c(n1)CCCC2)Nc1ccccc1OC(F)(F)F. The molecule has 0 amide bonds. The van der Waals surface area contributed by atoms with Crippen molar-refractivity contribution in [1.29, 1.82) is 0 Å². The Kier molecular flexibility index (Phi) is 6.73. The number of nitrogens with one attached hydrogen (secondary N) is 1. The van der Waals surface area contributed by atoms with Crippen LogP contribution in [0.1, 0.15) is 24.4 Å². The maximum Gasteiger partial charge on any atom is 0.573 e. The minimum atomic E-state index is -4.78. The second-order valence-corrected chi connectivity index (χ2v) is 5.67.